The second kappa shape index (κ2) is 4.74. The molecule has 0 aliphatic heterocycles. The number of nitrogens with zero attached hydrogens (tertiary/aromatic N) is 5. The van der Waals surface area contributed by atoms with Crippen LogP contribution in [0.15, 0.2) is 24.0 Å². The summed E-state index contributed by atoms with van der Waals surface area (Å²) in [6.07, 6.45) is 5.74. The van der Waals surface area contributed by atoms with E-state index in [0.29, 0.717) is 11.4 Å². The molecule has 2 heterocycles. The SMILES string of the molecule is C=Cc1c(/N=C\C)cnn1-c1ncc(F)c(N)n1. The molecule has 0 fully saturated rings. The number of hydrogen-bond acceptors (Lipinski definition) is 5. The molecule has 0 unspecified atom stereocenters. The number of aromatic nitrogens is 4. The summed E-state index contributed by atoms with van der Waals surface area (Å²) in [5, 5.41) is 4.08. The lowest BCUT2D eigenvalue weighted by Gasteiger charge is -2.03. The van der Waals surface area contributed by atoms with Gasteiger partial charge in [0.25, 0.3) is 5.95 Å². The lowest BCUT2D eigenvalue weighted by Crippen LogP contribution is -2.07. The maximum absolute atomic E-state index is 13.0. The van der Waals surface area contributed by atoms with E-state index < -0.39 is 5.82 Å². The smallest absolute Gasteiger partial charge is 0.253 e. The fraction of sp³-hybridized carbons (Fsp3) is 0.0909. The summed E-state index contributed by atoms with van der Waals surface area (Å²) in [4.78, 5) is 11.8. The Hall–Kier alpha value is -2.57. The van der Waals surface area contributed by atoms with Crippen LogP contribution in [0.25, 0.3) is 12.0 Å². The molecule has 0 bridgehead atoms. The largest absolute Gasteiger partial charge is 0.381 e. The van der Waals surface area contributed by atoms with Crippen LogP contribution in [0.3, 0.4) is 0 Å². The normalized spacial score (nSPS) is 11.0. The van der Waals surface area contributed by atoms with E-state index in [1.54, 1.807) is 25.4 Å². The van der Waals surface area contributed by atoms with Crippen LogP contribution in [0.4, 0.5) is 15.9 Å². The van der Waals surface area contributed by atoms with Crippen molar-refractivity contribution in [3.8, 4) is 5.95 Å². The van der Waals surface area contributed by atoms with E-state index in [-0.39, 0.29) is 11.8 Å². The van der Waals surface area contributed by atoms with Crippen LogP contribution >= 0.6 is 0 Å². The van der Waals surface area contributed by atoms with E-state index in [2.05, 4.69) is 26.6 Å². The molecule has 0 aliphatic rings. The molecule has 2 aromatic rings. The van der Waals surface area contributed by atoms with Crippen molar-refractivity contribution >= 4 is 23.8 Å². The van der Waals surface area contributed by atoms with E-state index in [0.717, 1.165) is 6.20 Å². The quantitative estimate of drug-likeness (QED) is 0.836. The Labute approximate surface area is 103 Å². The molecule has 0 saturated carbocycles. The third kappa shape index (κ3) is 1.97. The second-order valence-electron chi connectivity index (χ2n) is 3.32. The Morgan fingerprint density at radius 2 is 2.28 bits per heavy atom. The molecular weight excluding hydrogens is 235 g/mol. The highest BCUT2D eigenvalue weighted by Gasteiger charge is 2.12. The first-order valence-corrected chi connectivity index (χ1v) is 5.15. The average Bonchev–Trinajstić information content (AvgIpc) is 2.76. The molecule has 2 rings (SSSR count). The monoisotopic (exact) mass is 246 g/mol. The molecule has 0 radical (unpaired) electrons. The lowest BCUT2D eigenvalue weighted by atomic mass is 10.3. The maximum Gasteiger partial charge on any atom is 0.253 e. The summed E-state index contributed by atoms with van der Waals surface area (Å²) in [7, 11) is 0. The zero-order chi connectivity index (χ0) is 13.1. The van der Waals surface area contributed by atoms with Crippen LogP contribution in [0, 0.1) is 5.82 Å². The summed E-state index contributed by atoms with van der Waals surface area (Å²) < 4.78 is 14.4. The number of rotatable bonds is 3. The van der Waals surface area contributed by atoms with Gasteiger partial charge in [0.05, 0.1) is 18.1 Å². The van der Waals surface area contributed by atoms with Crippen molar-refractivity contribution < 1.29 is 4.39 Å². The van der Waals surface area contributed by atoms with Gasteiger partial charge in [-0.25, -0.2) is 9.37 Å². The molecule has 6 nitrogen and oxygen atoms in total. The average molecular weight is 246 g/mol. The summed E-state index contributed by atoms with van der Waals surface area (Å²) in [6.45, 7) is 5.46. The molecule has 0 atom stereocenters. The van der Waals surface area contributed by atoms with Crippen molar-refractivity contribution in [2.24, 2.45) is 4.99 Å². The number of nitrogens with two attached hydrogens (primary N) is 1. The topological polar surface area (TPSA) is 82.0 Å². The molecular formula is C11H11FN6. The Morgan fingerprint density at radius 3 is 2.89 bits per heavy atom. The van der Waals surface area contributed by atoms with Crippen molar-refractivity contribution in [2.45, 2.75) is 6.92 Å². The second-order valence-corrected chi connectivity index (χ2v) is 3.32. The van der Waals surface area contributed by atoms with Gasteiger partial charge in [0, 0.05) is 6.21 Å². The van der Waals surface area contributed by atoms with Crippen molar-refractivity contribution in [2.75, 3.05) is 5.73 Å². The van der Waals surface area contributed by atoms with Gasteiger partial charge in [-0.05, 0) is 13.0 Å². The van der Waals surface area contributed by atoms with E-state index in [1.165, 1.54) is 4.68 Å². The zero-order valence-electron chi connectivity index (χ0n) is 9.71. The van der Waals surface area contributed by atoms with Gasteiger partial charge in [-0.15, -0.1) is 0 Å². The van der Waals surface area contributed by atoms with Gasteiger partial charge in [0.2, 0.25) is 0 Å². The predicted octanol–water partition coefficient (Wildman–Crippen LogP) is 1.75. The van der Waals surface area contributed by atoms with E-state index in [1.807, 2.05) is 0 Å². The predicted molar refractivity (Wildman–Crippen MR) is 67.4 cm³/mol. The van der Waals surface area contributed by atoms with Crippen LogP contribution in [-0.2, 0) is 0 Å². The highest BCUT2D eigenvalue weighted by molar-refractivity contribution is 5.67. The van der Waals surface area contributed by atoms with Gasteiger partial charge in [0.1, 0.15) is 5.69 Å². The minimum Gasteiger partial charge on any atom is -0.381 e. The van der Waals surface area contributed by atoms with Crippen molar-refractivity contribution in [1.29, 1.82) is 0 Å². The van der Waals surface area contributed by atoms with Crippen molar-refractivity contribution in [3.05, 3.63) is 30.5 Å². The van der Waals surface area contributed by atoms with Crippen LogP contribution in [0.5, 0.6) is 0 Å². The number of halogens is 1. The molecule has 2 N–H and O–H groups in total. The van der Waals surface area contributed by atoms with Gasteiger partial charge in [0.15, 0.2) is 11.6 Å². The Balaban J connectivity index is 2.56. The van der Waals surface area contributed by atoms with Crippen molar-refractivity contribution in [3.63, 3.8) is 0 Å². The first kappa shape index (κ1) is 11.9. The number of aliphatic imine (C=N–C) groups is 1. The molecule has 0 spiro atoms. The highest BCUT2D eigenvalue weighted by atomic mass is 19.1. The molecule has 0 amide bonds. The first-order valence-electron chi connectivity index (χ1n) is 5.15. The summed E-state index contributed by atoms with van der Waals surface area (Å²) in [6, 6.07) is 0. The summed E-state index contributed by atoms with van der Waals surface area (Å²) in [5.41, 5.74) is 6.63. The van der Waals surface area contributed by atoms with E-state index in [4.69, 9.17) is 5.73 Å². The third-order valence-corrected chi connectivity index (χ3v) is 2.20. The minimum absolute atomic E-state index is 0.168. The van der Waals surface area contributed by atoms with Crippen LogP contribution in [0.2, 0.25) is 0 Å². The van der Waals surface area contributed by atoms with Crippen molar-refractivity contribution in [1.82, 2.24) is 19.7 Å². The van der Waals surface area contributed by atoms with Crippen LogP contribution < -0.4 is 5.73 Å². The fourth-order valence-corrected chi connectivity index (χ4v) is 1.41. The summed E-state index contributed by atoms with van der Waals surface area (Å²) >= 11 is 0. The van der Waals surface area contributed by atoms with Gasteiger partial charge < -0.3 is 5.73 Å². The molecule has 2 aromatic heterocycles. The number of anilines is 1. The molecule has 0 saturated heterocycles. The van der Waals surface area contributed by atoms with E-state index >= 15 is 0 Å². The minimum atomic E-state index is -0.669. The summed E-state index contributed by atoms with van der Waals surface area (Å²) in [5.74, 6) is -0.731. The van der Waals surface area contributed by atoms with Gasteiger partial charge in [-0.1, -0.05) is 6.58 Å². The van der Waals surface area contributed by atoms with Crippen LogP contribution in [0.1, 0.15) is 12.6 Å². The van der Waals surface area contributed by atoms with Gasteiger partial charge >= 0.3 is 0 Å². The maximum atomic E-state index is 13.0. The third-order valence-electron chi connectivity index (χ3n) is 2.20. The Morgan fingerprint density at radius 1 is 1.50 bits per heavy atom. The zero-order valence-corrected chi connectivity index (χ0v) is 9.71. The van der Waals surface area contributed by atoms with Gasteiger partial charge in [-0.3, -0.25) is 4.99 Å². The van der Waals surface area contributed by atoms with E-state index in [9.17, 15) is 4.39 Å². The Kier molecular flexibility index (Phi) is 3.13. The Bertz CT molecular complexity index is 616. The molecule has 18 heavy (non-hydrogen) atoms. The lowest BCUT2D eigenvalue weighted by molar-refractivity contribution is 0.615. The molecule has 0 aliphatic carbocycles. The standard InChI is InChI=1S/C11H11FN6/c1-3-9-8(14-4-2)6-16-18(9)11-15-5-7(12)10(13)17-11/h3-6H,1H2,2H3,(H2,13,15,17)/b14-4-. The number of hydrogen-bond donors (Lipinski definition) is 1. The fourth-order valence-electron chi connectivity index (χ4n) is 1.41. The highest BCUT2D eigenvalue weighted by Crippen LogP contribution is 2.21. The van der Waals surface area contributed by atoms with Crippen LogP contribution in [-0.4, -0.2) is 26.0 Å². The first-order chi connectivity index (χ1) is 8.67. The van der Waals surface area contributed by atoms with Gasteiger partial charge in [-0.2, -0.15) is 14.8 Å². The molecule has 92 valence electrons. The molecule has 0 aromatic carbocycles. The molecule has 7 heteroatoms. The number of nitrogen functional groups attached to an aromatic ring is 1.